The van der Waals surface area contributed by atoms with E-state index in [9.17, 15) is 9.90 Å². The zero-order valence-electron chi connectivity index (χ0n) is 15.1. The molecular weight excluding hydrogens is 304 g/mol. The first-order valence-electron chi connectivity index (χ1n) is 8.89. The third kappa shape index (κ3) is 3.65. The van der Waals surface area contributed by atoms with Gasteiger partial charge in [-0.15, -0.1) is 0 Å². The van der Waals surface area contributed by atoms with Crippen LogP contribution in [0.1, 0.15) is 59.8 Å². The lowest BCUT2D eigenvalue weighted by Gasteiger charge is -2.15. The van der Waals surface area contributed by atoms with Crippen LogP contribution in [-0.2, 0) is 14.3 Å². The van der Waals surface area contributed by atoms with Crippen LogP contribution in [0.2, 0.25) is 0 Å². The molecule has 4 unspecified atom stereocenters. The van der Waals surface area contributed by atoms with E-state index in [1.165, 1.54) is 5.57 Å². The third-order valence-electron chi connectivity index (χ3n) is 5.54. The molecule has 0 aromatic rings. The minimum absolute atomic E-state index is 0.0920. The number of aliphatic hydroxyl groups is 1. The molecule has 1 saturated heterocycles. The fourth-order valence-corrected chi connectivity index (χ4v) is 3.83. The van der Waals surface area contributed by atoms with Gasteiger partial charge in [-0.1, -0.05) is 17.2 Å². The Morgan fingerprint density at radius 3 is 2.67 bits per heavy atom. The molecule has 0 aromatic carbocycles. The van der Waals surface area contributed by atoms with Crippen LogP contribution in [0.4, 0.5) is 0 Å². The van der Waals surface area contributed by atoms with Crippen molar-refractivity contribution in [3.05, 3.63) is 34.4 Å². The molecular formula is C20H28O4. The van der Waals surface area contributed by atoms with E-state index in [0.29, 0.717) is 6.42 Å². The Balaban J connectivity index is 1.86. The Bertz CT molecular complexity index is 628. The molecule has 3 rings (SSSR count). The van der Waals surface area contributed by atoms with Crippen molar-refractivity contribution in [1.29, 1.82) is 0 Å². The van der Waals surface area contributed by atoms with Crippen molar-refractivity contribution in [2.75, 3.05) is 0 Å². The first kappa shape index (κ1) is 17.4. The van der Waals surface area contributed by atoms with Crippen molar-refractivity contribution in [1.82, 2.24) is 0 Å². The summed E-state index contributed by atoms with van der Waals surface area (Å²) in [5.74, 6) is -0.224. The Morgan fingerprint density at radius 2 is 1.92 bits per heavy atom. The number of allylic oxidation sites excluding steroid dienone is 1. The van der Waals surface area contributed by atoms with Gasteiger partial charge in [-0.3, -0.25) is 0 Å². The second-order valence-electron chi connectivity index (χ2n) is 7.73. The number of fused-ring (bicyclic) bond motifs is 2. The van der Waals surface area contributed by atoms with E-state index in [1.54, 1.807) is 0 Å². The van der Waals surface area contributed by atoms with Crippen LogP contribution in [0, 0.1) is 0 Å². The highest BCUT2D eigenvalue weighted by Crippen LogP contribution is 2.45. The molecule has 132 valence electrons. The summed E-state index contributed by atoms with van der Waals surface area (Å²) >= 11 is 0. The van der Waals surface area contributed by atoms with Gasteiger partial charge in [-0.2, -0.15) is 0 Å². The maximum absolute atomic E-state index is 12.0. The van der Waals surface area contributed by atoms with E-state index >= 15 is 0 Å². The Hall–Kier alpha value is -1.39. The van der Waals surface area contributed by atoms with E-state index in [0.717, 1.165) is 42.4 Å². The number of rotatable bonds is 0. The summed E-state index contributed by atoms with van der Waals surface area (Å²) in [5.41, 5.74) is 3.95. The van der Waals surface area contributed by atoms with Crippen LogP contribution >= 0.6 is 0 Å². The molecule has 0 spiro atoms. The van der Waals surface area contributed by atoms with Gasteiger partial charge in [-0.05, 0) is 71.4 Å². The van der Waals surface area contributed by atoms with E-state index in [4.69, 9.17) is 9.47 Å². The van der Waals surface area contributed by atoms with E-state index in [1.807, 2.05) is 26.0 Å². The van der Waals surface area contributed by atoms with Gasteiger partial charge in [0.25, 0.3) is 0 Å². The number of aliphatic hydroxyl groups excluding tert-OH is 1. The van der Waals surface area contributed by atoms with Gasteiger partial charge in [0.15, 0.2) is 0 Å². The quantitative estimate of drug-likeness (QED) is 0.418. The van der Waals surface area contributed by atoms with Gasteiger partial charge in [0.1, 0.15) is 6.10 Å². The molecule has 0 radical (unpaired) electrons. The molecule has 0 aromatic heterocycles. The fourth-order valence-electron chi connectivity index (χ4n) is 3.83. The molecule has 2 heterocycles. The monoisotopic (exact) mass is 332 g/mol. The van der Waals surface area contributed by atoms with Crippen molar-refractivity contribution >= 4 is 5.97 Å². The molecule has 1 aliphatic carbocycles. The molecule has 1 fully saturated rings. The molecule has 4 nitrogen and oxygen atoms in total. The highest BCUT2D eigenvalue weighted by Gasteiger charge is 2.51. The van der Waals surface area contributed by atoms with Crippen LogP contribution in [0.5, 0.6) is 0 Å². The van der Waals surface area contributed by atoms with Gasteiger partial charge in [0.05, 0.1) is 17.8 Å². The second kappa shape index (κ2) is 6.49. The van der Waals surface area contributed by atoms with Gasteiger partial charge in [0, 0.05) is 5.57 Å². The molecule has 0 bridgehead atoms. The van der Waals surface area contributed by atoms with E-state index < -0.39 is 6.10 Å². The van der Waals surface area contributed by atoms with Crippen molar-refractivity contribution in [2.24, 2.45) is 0 Å². The Kier molecular flexibility index (Phi) is 4.71. The first-order valence-corrected chi connectivity index (χ1v) is 8.89. The summed E-state index contributed by atoms with van der Waals surface area (Å²) in [6.45, 7) is 8.05. The van der Waals surface area contributed by atoms with Crippen LogP contribution < -0.4 is 0 Å². The van der Waals surface area contributed by atoms with Crippen LogP contribution in [0.25, 0.3) is 0 Å². The van der Waals surface area contributed by atoms with Gasteiger partial charge < -0.3 is 14.6 Å². The summed E-state index contributed by atoms with van der Waals surface area (Å²) in [6, 6.07) is 0. The Morgan fingerprint density at radius 1 is 1.17 bits per heavy atom. The van der Waals surface area contributed by atoms with Crippen LogP contribution in [0.15, 0.2) is 34.4 Å². The number of carbonyl (C=O) groups is 1. The molecule has 2 aliphatic heterocycles. The number of epoxide rings is 1. The predicted octanol–water partition coefficient (Wildman–Crippen LogP) is 3.60. The van der Waals surface area contributed by atoms with Crippen LogP contribution in [0.3, 0.4) is 0 Å². The normalized spacial score (nSPS) is 37.7. The first-order chi connectivity index (χ1) is 11.3. The third-order valence-corrected chi connectivity index (χ3v) is 5.54. The van der Waals surface area contributed by atoms with Crippen molar-refractivity contribution in [3.8, 4) is 0 Å². The summed E-state index contributed by atoms with van der Waals surface area (Å²) in [4.78, 5) is 12.0. The van der Waals surface area contributed by atoms with Gasteiger partial charge in [0.2, 0.25) is 0 Å². The van der Waals surface area contributed by atoms with Gasteiger partial charge >= 0.3 is 5.97 Å². The standard InChI is InChI=1S/C20H28O4/c1-12-5-6-18-20(4,24-18)8-7-16-14(3)19(22)23-17(16)11-13(2)10-15(21)9-12/h9,11,15,17-18,21H,5-8,10H2,1-4H3. The summed E-state index contributed by atoms with van der Waals surface area (Å²) in [5, 5.41) is 10.3. The topological polar surface area (TPSA) is 59.1 Å². The largest absolute Gasteiger partial charge is 0.450 e. The predicted molar refractivity (Wildman–Crippen MR) is 92.5 cm³/mol. The average Bonchev–Trinajstić information content (AvgIpc) is 3.06. The average molecular weight is 332 g/mol. The zero-order chi connectivity index (χ0) is 17.5. The molecule has 4 heteroatoms. The smallest absolute Gasteiger partial charge is 0.334 e. The minimum atomic E-state index is -0.499. The number of carbonyl (C=O) groups excluding carboxylic acids is 1. The lowest BCUT2D eigenvalue weighted by molar-refractivity contribution is -0.138. The maximum atomic E-state index is 12.0. The van der Waals surface area contributed by atoms with Gasteiger partial charge in [-0.25, -0.2) is 4.79 Å². The van der Waals surface area contributed by atoms with E-state index in [-0.39, 0.29) is 23.8 Å². The summed E-state index contributed by atoms with van der Waals surface area (Å²) < 4.78 is 11.5. The molecule has 0 saturated carbocycles. The highest BCUT2D eigenvalue weighted by atomic mass is 16.6. The maximum Gasteiger partial charge on any atom is 0.334 e. The number of ether oxygens (including phenoxy) is 2. The fraction of sp³-hybridized carbons (Fsp3) is 0.650. The zero-order valence-corrected chi connectivity index (χ0v) is 15.1. The molecule has 3 aliphatic rings. The second-order valence-corrected chi connectivity index (χ2v) is 7.73. The van der Waals surface area contributed by atoms with E-state index in [2.05, 4.69) is 13.8 Å². The minimum Gasteiger partial charge on any atom is -0.450 e. The summed E-state index contributed by atoms with van der Waals surface area (Å²) in [6.07, 6.45) is 7.63. The highest BCUT2D eigenvalue weighted by molar-refractivity contribution is 5.92. The lowest BCUT2D eigenvalue weighted by atomic mass is 9.90. The van der Waals surface area contributed by atoms with Crippen molar-refractivity contribution in [3.63, 3.8) is 0 Å². The Labute approximate surface area is 144 Å². The number of hydrogen-bond acceptors (Lipinski definition) is 4. The lowest BCUT2D eigenvalue weighted by Crippen LogP contribution is -2.15. The molecule has 4 atom stereocenters. The van der Waals surface area contributed by atoms with Crippen LogP contribution in [-0.4, -0.2) is 35.0 Å². The number of hydrogen-bond donors (Lipinski definition) is 1. The van der Waals surface area contributed by atoms with Crippen molar-refractivity contribution in [2.45, 2.75) is 83.7 Å². The molecule has 24 heavy (non-hydrogen) atoms. The van der Waals surface area contributed by atoms with Crippen molar-refractivity contribution < 1.29 is 19.4 Å². The molecule has 1 N–H and O–H groups in total. The summed E-state index contributed by atoms with van der Waals surface area (Å²) in [7, 11) is 0. The SMILES string of the molecule is CC1=CC(O)CC(C)=CC2OC(=O)C(C)=C2CCC2(C)OC2CC1. The number of esters is 1. The molecule has 0 amide bonds.